The highest BCUT2D eigenvalue weighted by atomic mass is 16.1. The van der Waals surface area contributed by atoms with Gasteiger partial charge in [-0.15, -0.1) is 0 Å². The van der Waals surface area contributed by atoms with Crippen LogP contribution in [0.5, 0.6) is 0 Å². The lowest BCUT2D eigenvalue weighted by atomic mass is 9.92. The molecule has 0 radical (unpaired) electrons. The molecule has 0 spiro atoms. The first kappa shape index (κ1) is 20.6. The van der Waals surface area contributed by atoms with Crippen molar-refractivity contribution in [1.29, 1.82) is 0 Å². The Kier molecular flexibility index (Phi) is 7.27. The molecule has 3 heteroatoms. The largest absolute Gasteiger partial charge is 0.349 e. The fourth-order valence-electron chi connectivity index (χ4n) is 4.15. The summed E-state index contributed by atoms with van der Waals surface area (Å²) in [4.78, 5) is 15.4. The van der Waals surface area contributed by atoms with E-state index in [4.69, 9.17) is 0 Å². The van der Waals surface area contributed by atoms with Gasteiger partial charge in [0.2, 0.25) is 5.91 Å². The first-order chi connectivity index (χ1) is 13.5. The van der Waals surface area contributed by atoms with E-state index in [1.165, 1.54) is 16.7 Å². The van der Waals surface area contributed by atoms with Crippen molar-refractivity contribution in [1.82, 2.24) is 10.2 Å². The number of carbonyl (C=O) groups is 1. The Bertz CT molecular complexity index is 748. The van der Waals surface area contributed by atoms with Crippen molar-refractivity contribution >= 4 is 5.91 Å². The van der Waals surface area contributed by atoms with E-state index in [2.05, 4.69) is 79.5 Å². The fourth-order valence-corrected chi connectivity index (χ4v) is 4.15. The van der Waals surface area contributed by atoms with Crippen molar-refractivity contribution in [3.63, 3.8) is 0 Å². The monoisotopic (exact) mass is 378 g/mol. The van der Waals surface area contributed by atoms with Crippen molar-refractivity contribution in [3.05, 3.63) is 71.3 Å². The molecule has 1 aliphatic heterocycles. The van der Waals surface area contributed by atoms with E-state index in [0.717, 1.165) is 38.9 Å². The van der Waals surface area contributed by atoms with Gasteiger partial charge in [0.1, 0.15) is 0 Å². The molecule has 0 saturated carbocycles. The molecular weight excluding hydrogens is 344 g/mol. The molecule has 2 aromatic rings. The van der Waals surface area contributed by atoms with Crippen LogP contribution in [0, 0.1) is 18.8 Å². The van der Waals surface area contributed by atoms with Gasteiger partial charge in [-0.1, -0.05) is 74.0 Å². The Hall–Kier alpha value is -2.13. The number of piperidine rings is 1. The Balaban J connectivity index is 1.53. The van der Waals surface area contributed by atoms with Gasteiger partial charge in [0.15, 0.2) is 0 Å². The van der Waals surface area contributed by atoms with E-state index < -0.39 is 0 Å². The van der Waals surface area contributed by atoms with Crippen LogP contribution in [0.25, 0.3) is 0 Å². The highest BCUT2D eigenvalue weighted by molar-refractivity contribution is 5.79. The van der Waals surface area contributed by atoms with Crippen LogP contribution in [0.15, 0.2) is 54.6 Å². The number of nitrogens with zero attached hydrogens (tertiary/aromatic N) is 1. The molecular formula is C25H34N2O. The minimum Gasteiger partial charge on any atom is -0.349 e. The summed E-state index contributed by atoms with van der Waals surface area (Å²) in [6.07, 6.45) is 2.86. The van der Waals surface area contributed by atoms with E-state index in [-0.39, 0.29) is 17.9 Å². The summed E-state index contributed by atoms with van der Waals surface area (Å²) >= 11 is 0. The molecule has 0 bridgehead atoms. The van der Waals surface area contributed by atoms with Gasteiger partial charge in [0.25, 0.3) is 0 Å². The molecule has 1 heterocycles. The van der Waals surface area contributed by atoms with Crippen LogP contribution < -0.4 is 5.32 Å². The molecule has 1 aliphatic rings. The number of amides is 1. The minimum atomic E-state index is 0.110. The average Bonchev–Trinajstić information content (AvgIpc) is 2.68. The molecule has 0 aliphatic carbocycles. The van der Waals surface area contributed by atoms with Crippen LogP contribution >= 0.6 is 0 Å². The number of nitrogens with one attached hydrogen (secondary N) is 1. The van der Waals surface area contributed by atoms with E-state index in [1.807, 2.05) is 6.07 Å². The summed E-state index contributed by atoms with van der Waals surface area (Å²) in [5.41, 5.74) is 3.88. The van der Waals surface area contributed by atoms with Crippen molar-refractivity contribution in [2.24, 2.45) is 11.8 Å². The first-order valence-corrected chi connectivity index (χ1v) is 10.6. The molecule has 2 aromatic carbocycles. The Morgan fingerprint density at radius 3 is 2.43 bits per heavy atom. The quantitative estimate of drug-likeness (QED) is 0.726. The Morgan fingerprint density at radius 1 is 1.07 bits per heavy atom. The molecule has 1 atom stereocenters. The van der Waals surface area contributed by atoms with Gasteiger partial charge in [-0.25, -0.2) is 0 Å². The normalized spacial score (nSPS) is 16.9. The van der Waals surface area contributed by atoms with E-state index in [0.29, 0.717) is 5.92 Å². The highest BCUT2D eigenvalue weighted by Gasteiger charge is 2.27. The van der Waals surface area contributed by atoms with Crippen molar-refractivity contribution in [2.45, 2.75) is 52.6 Å². The molecule has 0 unspecified atom stereocenters. The summed E-state index contributed by atoms with van der Waals surface area (Å²) in [7, 11) is 0. The molecule has 1 N–H and O–H groups in total. The molecule has 1 fully saturated rings. The van der Waals surface area contributed by atoms with Gasteiger partial charge in [-0.05, 0) is 56.3 Å². The fraction of sp³-hybridized carbons (Fsp3) is 0.480. The second kappa shape index (κ2) is 9.88. The van der Waals surface area contributed by atoms with E-state index >= 15 is 0 Å². The van der Waals surface area contributed by atoms with Crippen LogP contribution in [0.4, 0.5) is 0 Å². The Labute approximate surface area is 170 Å². The number of hydrogen-bond donors (Lipinski definition) is 1. The third kappa shape index (κ3) is 5.93. The van der Waals surface area contributed by atoms with Gasteiger partial charge >= 0.3 is 0 Å². The number of carbonyl (C=O) groups excluding carboxylic acids is 1. The third-order valence-electron chi connectivity index (χ3n) is 5.67. The maximum absolute atomic E-state index is 12.9. The third-order valence-corrected chi connectivity index (χ3v) is 5.67. The SMILES string of the molecule is Cc1cccc(CN2CCC(C(=O)N[C@H](CC(C)C)c3ccccc3)CC2)c1. The summed E-state index contributed by atoms with van der Waals surface area (Å²) < 4.78 is 0. The summed E-state index contributed by atoms with van der Waals surface area (Å²) in [6.45, 7) is 9.53. The molecule has 3 rings (SSSR count). The summed E-state index contributed by atoms with van der Waals surface area (Å²) in [6, 6.07) is 19.2. The number of likely N-dealkylation sites (tertiary alicyclic amines) is 1. The number of hydrogen-bond acceptors (Lipinski definition) is 2. The van der Waals surface area contributed by atoms with Crippen molar-refractivity contribution < 1.29 is 4.79 Å². The highest BCUT2D eigenvalue weighted by Crippen LogP contribution is 2.24. The second-order valence-electron chi connectivity index (χ2n) is 8.64. The van der Waals surface area contributed by atoms with E-state index in [1.54, 1.807) is 0 Å². The van der Waals surface area contributed by atoms with Gasteiger partial charge < -0.3 is 5.32 Å². The Morgan fingerprint density at radius 2 is 1.79 bits per heavy atom. The van der Waals surface area contributed by atoms with Crippen molar-refractivity contribution in [3.8, 4) is 0 Å². The lowest BCUT2D eigenvalue weighted by molar-refractivity contribution is -0.127. The van der Waals surface area contributed by atoms with Gasteiger partial charge in [-0.2, -0.15) is 0 Å². The van der Waals surface area contributed by atoms with Crippen LogP contribution in [0.1, 0.15) is 55.8 Å². The number of aryl methyl sites for hydroxylation is 1. The van der Waals surface area contributed by atoms with Gasteiger partial charge in [0.05, 0.1) is 6.04 Å². The number of benzene rings is 2. The van der Waals surface area contributed by atoms with Crippen LogP contribution in [0.3, 0.4) is 0 Å². The molecule has 3 nitrogen and oxygen atoms in total. The predicted octanol–water partition coefficient (Wildman–Crippen LogP) is 5.11. The van der Waals surface area contributed by atoms with Crippen molar-refractivity contribution in [2.75, 3.05) is 13.1 Å². The maximum Gasteiger partial charge on any atom is 0.223 e. The lowest BCUT2D eigenvalue weighted by Gasteiger charge is -2.32. The summed E-state index contributed by atoms with van der Waals surface area (Å²) in [5, 5.41) is 3.35. The van der Waals surface area contributed by atoms with Gasteiger partial charge in [0, 0.05) is 12.5 Å². The average molecular weight is 379 g/mol. The lowest BCUT2D eigenvalue weighted by Crippen LogP contribution is -2.41. The summed E-state index contributed by atoms with van der Waals surface area (Å²) in [5.74, 6) is 0.901. The second-order valence-corrected chi connectivity index (χ2v) is 8.64. The standard InChI is InChI=1S/C25H34N2O/c1-19(2)16-24(22-10-5-4-6-11-22)26-25(28)23-12-14-27(15-13-23)18-21-9-7-8-20(3)17-21/h4-11,17,19,23-24H,12-16,18H2,1-3H3,(H,26,28)/t24-/m1/s1. The topological polar surface area (TPSA) is 32.3 Å². The predicted molar refractivity (Wildman–Crippen MR) is 116 cm³/mol. The molecule has 28 heavy (non-hydrogen) atoms. The maximum atomic E-state index is 12.9. The number of rotatable bonds is 7. The zero-order valence-electron chi connectivity index (χ0n) is 17.5. The van der Waals surface area contributed by atoms with E-state index in [9.17, 15) is 4.79 Å². The van der Waals surface area contributed by atoms with Crippen LogP contribution in [-0.4, -0.2) is 23.9 Å². The van der Waals surface area contributed by atoms with Crippen LogP contribution in [0.2, 0.25) is 0 Å². The minimum absolute atomic E-state index is 0.110. The molecule has 1 amide bonds. The zero-order chi connectivity index (χ0) is 19.9. The van der Waals surface area contributed by atoms with Gasteiger partial charge in [-0.3, -0.25) is 9.69 Å². The first-order valence-electron chi connectivity index (χ1n) is 10.6. The zero-order valence-corrected chi connectivity index (χ0v) is 17.5. The molecule has 1 saturated heterocycles. The molecule has 0 aromatic heterocycles. The molecule has 150 valence electrons. The smallest absolute Gasteiger partial charge is 0.223 e. The van der Waals surface area contributed by atoms with Crippen LogP contribution in [-0.2, 0) is 11.3 Å².